The number of urea groups is 1. The largest absolute Gasteiger partial charge is 0.492 e. The Morgan fingerprint density at radius 1 is 0.534 bits per heavy atom. The van der Waals surface area contributed by atoms with Gasteiger partial charge in [-0.2, -0.15) is 9.97 Å². The number of ketones is 2. The quantitative estimate of drug-likeness (QED) is 0.0191. The molecule has 9 amide bonds. The van der Waals surface area contributed by atoms with Crippen LogP contribution in [0.3, 0.4) is 0 Å². The number of carbonyl (C=O) groups excluding carboxylic acids is 10. The number of aromatic nitrogens is 10. The van der Waals surface area contributed by atoms with E-state index in [1.54, 1.807) is 103 Å². The summed E-state index contributed by atoms with van der Waals surface area (Å²) in [6.07, 6.45) is 5.96. The Bertz CT molecular complexity index is 5920. The van der Waals surface area contributed by atoms with Gasteiger partial charge < -0.3 is 80.2 Å². The number of aryl methyl sites for hydroxylation is 1. The maximum absolute atomic E-state index is 13.9. The van der Waals surface area contributed by atoms with Crippen LogP contribution < -0.4 is 44.0 Å². The first-order valence-corrected chi connectivity index (χ1v) is 41.4. The number of amides is 9. The molecule has 0 spiro atoms. The lowest BCUT2D eigenvalue weighted by Gasteiger charge is -2.29. The van der Waals surface area contributed by atoms with Gasteiger partial charge in [0.1, 0.15) is 71.6 Å². The van der Waals surface area contributed by atoms with E-state index in [9.17, 15) is 92.3 Å². The summed E-state index contributed by atoms with van der Waals surface area (Å²) in [5.41, 5.74) is 14.2. The lowest BCUT2D eigenvalue weighted by Crippen LogP contribution is -2.55. The van der Waals surface area contributed by atoms with Crippen LogP contribution in [0.5, 0.6) is 5.88 Å². The first kappa shape index (κ1) is 97.2. The molecule has 131 heavy (non-hydrogen) atoms. The van der Waals surface area contributed by atoms with Gasteiger partial charge in [0.05, 0.1) is 32.3 Å². The van der Waals surface area contributed by atoms with E-state index in [1.807, 2.05) is 6.07 Å². The van der Waals surface area contributed by atoms with E-state index >= 15 is 0 Å². The summed E-state index contributed by atoms with van der Waals surface area (Å²) < 4.78 is 20.4. The minimum atomic E-state index is -1.38. The monoisotopic (exact) mass is 1800 g/mol. The van der Waals surface area contributed by atoms with Gasteiger partial charge in [-0.15, -0.1) is 0 Å². The van der Waals surface area contributed by atoms with Gasteiger partial charge >= 0.3 is 47.9 Å². The van der Waals surface area contributed by atoms with Crippen molar-refractivity contribution in [3.05, 3.63) is 206 Å². The number of alkyl carbamates (subject to hydrolysis) is 1. The summed E-state index contributed by atoms with van der Waals surface area (Å²) in [7, 11) is 0. The third kappa shape index (κ3) is 30.3. The van der Waals surface area contributed by atoms with E-state index in [1.165, 1.54) is 57.0 Å². The van der Waals surface area contributed by atoms with Crippen molar-refractivity contribution in [3.63, 3.8) is 0 Å². The molecule has 2 unspecified atom stereocenters. The van der Waals surface area contributed by atoms with Crippen molar-refractivity contribution >= 4 is 112 Å². The number of aliphatic carboxylic acids is 3. The number of carboxylic acids is 3. The minimum absolute atomic E-state index is 0.000238. The number of hydrogen-bond donors (Lipinski definition) is 10. The molecule has 43 heteroatoms. The molecular weight excluding hydrogens is 1700 g/mol. The summed E-state index contributed by atoms with van der Waals surface area (Å²) in [6, 6.07) is 30.8. The van der Waals surface area contributed by atoms with Crippen LogP contribution in [0, 0.1) is 36.5 Å². The highest BCUT2D eigenvalue weighted by Crippen LogP contribution is 2.25. The molecule has 9 aromatic rings. The zero-order valence-electron chi connectivity index (χ0n) is 71.3. The summed E-state index contributed by atoms with van der Waals surface area (Å²) in [5.74, 6) is 4.39. The number of carbonyl (C=O) groups is 13. The molecule has 686 valence electrons. The zero-order chi connectivity index (χ0) is 93.9. The van der Waals surface area contributed by atoms with Gasteiger partial charge in [-0.25, -0.2) is 43.9 Å². The fourth-order valence-electron chi connectivity index (χ4n) is 13.5. The van der Waals surface area contributed by atoms with Crippen LogP contribution in [0.4, 0.5) is 30.9 Å². The van der Waals surface area contributed by atoms with E-state index in [2.05, 4.69) is 74.9 Å². The van der Waals surface area contributed by atoms with Gasteiger partial charge in [0.2, 0.25) is 35.5 Å². The molecule has 1 aliphatic rings. The molecule has 0 bridgehead atoms. The Balaban J connectivity index is 0.645. The van der Waals surface area contributed by atoms with Gasteiger partial charge in [-0.1, -0.05) is 109 Å². The van der Waals surface area contributed by atoms with E-state index in [-0.39, 0.29) is 143 Å². The van der Waals surface area contributed by atoms with Crippen molar-refractivity contribution in [3.8, 4) is 29.6 Å². The lowest BCUT2D eigenvalue weighted by molar-refractivity contribution is -0.145. The third-order valence-corrected chi connectivity index (χ3v) is 20.1. The van der Waals surface area contributed by atoms with E-state index in [0.717, 1.165) is 35.7 Å². The van der Waals surface area contributed by atoms with Gasteiger partial charge in [0.25, 0.3) is 5.56 Å². The highest BCUT2D eigenvalue weighted by atomic mass is 16.6. The minimum Gasteiger partial charge on any atom is -0.492 e. The average Bonchev–Trinajstić information content (AvgIpc) is 1.66. The second-order valence-electron chi connectivity index (χ2n) is 30.1. The Labute approximate surface area is 747 Å². The molecule has 6 heterocycles. The second kappa shape index (κ2) is 48.6. The Morgan fingerprint density at radius 3 is 1.60 bits per heavy atom. The van der Waals surface area contributed by atoms with Gasteiger partial charge in [0, 0.05) is 100 Å². The fraction of sp³-hybridized carbons (Fsp3) is 0.352. The highest BCUT2D eigenvalue weighted by Gasteiger charge is 2.30. The molecule has 0 saturated carbocycles. The standard InChI is InChI=1S/C88H97N21O22/c1-58-42-106(47-70(113)101(50-74(118)119)37-12-23-67(111)45-104(41-36-90)72(115)49-108-57-94-77-80(108)98-83(99-81(77)122)100-87(127)131-53-64-18-6-3-7-19-64)88(128)109(82(58)123)43-62-30-26-60(27-31-62)15-9-8-14-59(22-11-25-73(116)117)20-10-21-61-28-32-65(33-29-61)54-130-86(126)97-78-76-79(92-55-91-78)107(56-93-76)48-71(114)102(51-75(120)121)38-13-24-66(110)44-103(40-35-89)69(112)46-105-39-34-68(95-84(105)124)96-85(125)129-52-63-16-4-2-5-17-63/h2-7,16-19,26-34,39,42,55-57,59,68H,8,11-14,20,22-25,35-38,40-41,43-54,89-90H2,1H3,(H,95,124)(H,96,125)(H,116,117)(H,118,119)(H,120,121)(H,91,92,97,126)(H2,98,99,100,122,127). The van der Waals surface area contributed by atoms with Gasteiger partial charge in [-0.3, -0.25) is 77.9 Å². The fourth-order valence-corrected chi connectivity index (χ4v) is 13.5. The highest BCUT2D eigenvalue weighted by molar-refractivity contribution is 5.95. The van der Waals surface area contributed by atoms with Crippen molar-refractivity contribution in [2.45, 2.75) is 123 Å². The normalized spacial score (nSPS) is 12.2. The maximum Gasteiger partial charge on any atom is 0.414 e. The smallest absolute Gasteiger partial charge is 0.414 e. The number of benzene rings is 4. The van der Waals surface area contributed by atoms with Crippen LogP contribution in [0.2, 0.25) is 0 Å². The lowest BCUT2D eigenvalue weighted by atomic mass is 9.93. The van der Waals surface area contributed by atoms with Crippen LogP contribution >= 0.6 is 0 Å². The van der Waals surface area contributed by atoms with E-state index < -0.39 is 153 Å². The number of aromatic hydroxyl groups is 1. The number of rotatable bonds is 46. The Kier molecular flexibility index (Phi) is 36.0. The van der Waals surface area contributed by atoms with Crippen molar-refractivity contribution in [2.24, 2.45) is 17.4 Å². The Hall–Kier alpha value is -16.1. The number of carboxylic acid groups (broad SMARTS) is 3. The number of anilines is 2. The first-order chi connectivity index (χ1) is 63.0. The van der Waals surface area contributed by atoms with E-state index in [4.69, 9.17) is 25.7 Å². The van der Waals surface area contributed by atoms with Crippen molar-refractivity contribution in [1.29, 1.82) is 0 Å². The number of nitrogens with two attached hydrogens (primary N) is 2. The molecule has 10 rings (SSSR count). The van der Waals surface area contributed by atoms with Crippen molar-refractivity contribution < 1.29 is 97.0 Å². The maximum atomic E-state index is 13.9. The SMILES string of the molecule is Cc1cn(CC(=O)N(CCCC(=O)CN(CCN)C(=O)Cn2cnc3c(O)nc(NC(=O)OCc4ccccc4)nc32)CC(=O)O)c(=O)n(Cc2ccc(C#CCCC(CC#Cc3ccc(COC(=O)Nc4ncnc5c4ncn5CC(=O)N(CCCC(=O)CN(CCN)C(=O)CN4C=CC(NC(=O)OCc5ccccc5)NC4=O)CC(=O)O)cc3)CCCC(=O)O)cc2)c1=O. The van der Waals surface area contributed by atoms with Crippen LogP contribution in [-0.4, -0.2) is 249 Å². The molecule has 0 aliphatic carbocycles. The van der Waals surface area contributed by atoms with Crippen LogP contribution in [0.15, 0.2) is 156 Å². The van der Waals surface area contributed by atoms with Crippen LogP contribution in [-0.2, 0) is 103 Å². The number of ether oxygens (including phenoxy) is 3. The Morgan fingerprint density at radius 2 is 1.05 bits per heavy atom. The van der Waals surface area contributed by atoms with Gasteiger partial charge in [0.15, 0.2) is 39.7 Å². The molecule has 2 atom stereocenters. The van der Waals surface area contributed by atoms with E-state index in [0.29, 0.717) is 59.9 Å². The molecule has 0 fully saturated rings. The second-order valence-corrected chi connectivity index (χ2v) is 30.1. The molecule has 0 saturated heterocycles. The molecule has 5 aromatic heterocycles. The predicted molar refractivity (Wildman–Crippen MR) is 467 cm³/mol. The molecule has 4 aromatic carbocycles. The molecule has 0 radical (unpaired) electrons. The van der Waals surface area contributed by atoms with Crippen LogP contribution in [0.25, 0.3) is 22.3 Å². The number of nitrogens with zero attached hydrogens (tertiary/aromatic N) is 15. The van der Waals surface area contributed by atoms with Gasteiger partial charge in [-0.05, 0) is 97.5 Å². The molecule has 43 nitrogen and oxygen atoms in total. The van der Waals surface area contributed by atoms with Crippen molar-refractivity contribution in [2.75, 3.05) is 82.6 Å². The number of imidazole rings is 2. The molecule has 1 aliphatic heterocycles. The summed E-state index contributed by atoms with van der Waals surface area (Å²) in [6.45, 7) is -3.86. The number of hydrogen-bond acceptors (Lipinski definition) is 27. The number of nitrogens with one attached hydrogen (secondary N) is 4. The number of fused-ring (bicyclic) bond motifs is 2. The molecule has 12 N–H and O–H groups in total. The third-order valence-electron chi connectivity index (χ3n) is 20.1. The number of Topliss-reactive ketones (excluding diaryl/α,β-unsaturated/α-hetero) is 2. The van der Waals surface area contributed by atoms with Crippen molar-refractivity contribution in [1.82, 2.24) is 83.3 Å². The summed E-state index contributed by atoms with van der Waals surface area (Å²) in [5, 5.41) is 49.4. The zero-order valence-corrected chi connectivity index (χ0v) is 71.3. The average molecular weight is 1800 g/mol. The van der Waals surface area contributed by atoms with Crippen LogP contribution in [0.1, 0.15) is 103 Å². The molecular formula is C88H97N21O22. The summed E-state index contributed by atoms with van der Waals surface area (Å²) >= 11 is 0. The predicted octanol–water partition coefficient (Wildman–Crippen LogP) is 3.88. The topological polar surface area (TPSA) is 578 Å². The summed E-state index contributed by atoms with van der Waals surface area (Å²) in [4.78, 5) is 225. The first-order valence-electron chi connectivity index (χ1n) is 41.4.